The Balaban J connectivity index is 1.27. The summed E-state index contributed by atoms with van der Waals surface area (Å²) in [6, 6.07) is 25.6. The molecule has 0 radical (unpaired) electrons. The molecule has 0 fully saturated rings. The van der Waals surface area contributed by atoms with Crippen molar-refractivity contribution in [1.29, 1.82) is 0 Å². The molecule has 1 aliphatic rings. The molecule has 0 heterocycles. The first-order chi connectivity index (χ1) is 25.1. The van der Waals surface area contributed by atoms with Crippen molar-refractivity contribution in [3.05, 3.63) is 107 Å². The predicted molar refractivity (Wildman–Crippen MR) is 198 cm³/mol. The third-order valence-corrected chi connectivity index (χ3v) is 8.76. The van der Waals surface area contributed by atoms with Crippen molar-refractivity contribution < 1.29 is 43.5 Å². The molecule has 0 unspecified atom stereocenters. The molecule has 4 N–H and O–H groups in total. The van der Waals surface area contributed by atoms with Gasteiger partial charge in [0.2, 0.25) is 5.91 Å². The van der Waals surface area contributed by atoms with Gasteiger partial charge in [-0.2, -0.15) is 0 Å². The lowest BCUT2D eigenvalue weighted by molar-refractivity contribution is -0.127. The summed E-state index contributed by atoms with van der Waals surface area (Å²) in [5.41, 5.74) is 3.56. The van der Waals surface area contributed by atoms with Gasteiger partial charge in [0, 0.05) is 12.3 Å². The number of carbonyl (C=O) groups is 2. The van der Waals surface area contributed by atoms with E-state index < -0.39 is 36.3 Å². The molecule has 0 aromatic heterocycles. The Morgan fingerprint density at radius 1 is 0.750 bits per heavy atom. The number of rotatable bonds is 22. The molecule has 11 heteroatoms. The Kier molecular flexibility index (Phi) is 17.0. The first-order valence-corrected chi connectivity index (χ1v) is 18.2. The number of amides is 2. The molecule has 284 valence electrons. The van der Waals surface area contributed by atoms with E-state index in [0.29, 0.717) is 58.9 Å². The zero-order valence-corrected chi connectivity index (χ0v) is 30.7. The smallest absolute Gasteiger partial charge is 0.407 e. The van der Waals surface area contributed by atoms with Crippen LogP contribution in [0.2, 0.25) is 0 Å². The number of nitrogens with one attached hydrogen (secondary N) is 2. The number of fused-ring (bicyclic) bond motifs is 1. The molecule has 0 spiro atoms. The van der Waals surface area contributed by atoms with Crippen LogP contribution in [0.1, 0.15) is 55.5 Å². The van der Waals surface area contributed by atoms with Gasteiger partial charge in [-0.3, -0.25) is 4.79 Å². The lowest BCUT2D eigenvalue weighted by atomic mass is 9.88. The number of alkyl carbamates (subject to hydrolysis) is 1. The van der Waals surface area contributed by atoms with Gasteiger partial charge in [-0.25, -0.2) is 4.79 Å². The summed E-state index contributed by atoms with van der Waals surface area (Å²) >= 11 is 0. The van der Waals surface area contributed by atoms with Crippen LogP contribution in [0.5, 0.6) is 0 Å². The quantitative estimate of drug-likeness (QED) is 0.110. The Bertz CT molecular complexity index is 1470. The van der Waals surface area contributed by atoms with Crippen molar-refractivity contribution in [1.82, 2.24) is 10.6 Å². The van der Waals surface area contributed by atoms with Crippen molar-refractivity contribution in [3.8, 4) is 0 Å². The predicted octanol–water partition coefficient (Wildman–Crippen LogP) is 4.57. The van der Waals surface area contributed by atoms with Crippen LogP contribution in [-0.4, -0.2) is 98.9 Å². The van der Waals surface area contributed by atoms with Crippen molar-refractivity contribution in [2.45, 2.75) is 76.3 Å². The van der Waals surface area contributed by atoms with E-state index in [1.165, 1.54) is 0 Å². The zero-order valence-electron chi connectivity index (χ0n) is 30.7. The molecule has 0 saturated heterocycles. The highest BCUT2D eigenvalue weighted by Gasteiger charge is 2.35. The van der Waals surface area contributed by atoms with E-state index in [2.05, 4.69) is 10.6 Å². The molecule has 0 saturated carbocycles. The molecule has 2 amide bonds. The maximum atomic E-state index is 13.9. The molecule has 3 aromatic rings. The van der Waals surface area contributed by atoms with Crippen LogP contribution in [0.15, 0.2) is 84.9 Å². The maximum Gasteiger partial charge on any atom is 0.407 e. The topological polar surface area (TPSA) is 145 Å². The van der Waals surface area contributed by atoms with Gasteiger partial charge in [-0.15, -0.1) is 0 Å². The SMILES string of the molecule is CC(C)(C)OCCOCCOCCOCCOC(=O)N[C@@H](Cc1ccccc1)[C@@H](O)C[C@@H](Cc1ccccc1)C(=O)N[C@H]1c2ccccc2C[C@H]1O. The summed E-state index contributed by atoms with van der Waals surface area (Å²) in [4.78, 5) is 26.8. The minimum absolute atomic E-state index is 0.0150. The number of hydrogen-bond donors (Lipinski definition) is 4. The van der Waals surface area contributed by atoms with Crippen molar-refractivity contribution >= 4 is 12.0 Å². The van der Waals surface area contributed by atoms with Gasteiger partial charge in [0.05, 0.1) is 76.1 Å². The van der Waals surface area contributed by atoms with E-state index in [0.717, 1.165) is 22.3 Å². The fourth-order valence-corrected chi connectivity index (χ4v) is 6.14. The number of aliphatic hydroxyl groups excluding tert-OH is 2. The van der Waals surface area contributed by atoms with Crippen LogP contribution in [0, 0.1) is 5.92 Å². The molecule has 52 heavy (non-hydrogen) atoms. The van der Waals surface area contributed by atoms with Crippen molar-refractivity contribution in [2.24, 2.45) is 5.92 Å². The van der Waals surface area contributed by atoms with E-state index in [-0.39, 0.29) is 31.1 Å². The second-order valence-corrected chi connectivity index (χ2v) is 14.0. The number of ether oxygens (including phenoxy) is 5. The van der Waals surface area contributed by atoms with Crippen LogP contribution in [0.3, 0.4) is 0 Å². The van der Waals surface area contributed by atoms with Crippen LogP contribution >= 0.6 is 0 Å². The molecule has 0 aliphatic heterocycles. The highest BCUT2D eigenvalue weighted by atomic mass is 16.6. The van der Waals surface area contributed by atoms with E-state index in [9.17, 15) is 19.8 Å². The minimum Gasteiger partial charge on any atom is -0.447 e. The second-order valence-electron chi connectivity index (χ2n) is 14.0. The van der Waals surface area contributed by atoms with Crippen LogP contribution in [0.25, 0.3) is 0 Å². The molecular weight excluding hydrogens is 664 g/mol. The Morgan fingerprint density at radius 3 is 1.90 bits per heavy atom. The van der Waals surface area contributed by atoms with Gasteiger partial charge in [0.1, 0.15) is 6.61 Å². The van der Waals surface area contributed by atoms with Crippen molar-refractivity contribution in [2.75, 3.05) is 52.9 Å². The van der Waals surface area contributed by atoms with Crippen LogP contribution in [0.4, 0.5) is 4.79 Å². The van der Waals surface area contributed by atoms with E-state index >= 15 is 0 Å². The fourth-order valence-electron chi connectivity index (χ4n) is 6.14. The van der Waals surface area contributed by atoms with Gasteiger partial charge in [0.25, 0.3) is 0 Å². The fraction of sp³-hybridized carbons (Fsp3) is 0.512. The lowest BCUT2D eigenvalue weighted by Gasteiger charge is -2.28. The number of carbonyl (C=O) groups excluding carboxylic acids is 2. The number of aliphatic hydroxyl groups is 2. The highest BCUT2D eigenvalue weighted by Crippen LogP contribution is 2.32. The monoisotopic (exact) mass is 720 g/mol. The van der Waals surface area contributed by atoms with Crippen LogP contribution in [-0.2, 0) is 47.7 Å². The minimum atomic E-state index is -1.09. The number of hydrogen-bond acceptors (Lipinski definition) is 9. The normalized spacial score (nSPS) is 17.2. The van der Waals surface area contributed by atoms with Gasteiger partial charge in [0.15, 0.2) is 0 Å². The average molecular weight is 721 g/mol. The second kappa shape index (κ2) is 21.6. The third-order valence-electron chi connectivity index (χ3n) is 8.76. The summed E-state index contributed by atoms with van der Waals surface area (Å²) in [6.45, 7) is 8.83. The Morgan fingerprint density at radius 2 is 1.29 bits per heavy atom. The van der Waals surface area contributed by atoms with Crippen LogP contribution < -0.4 is 10.6 Å². The van der Waals surface area contributed by atoms with Gasteiger partial charge in [-0.1, -0.05) is 84.9 Å². The highest BCUT2D eigenvalue weighted by molar-refractivity contribution is 5.80. The summed E-state index contributed by atoms with van der Waals surface area (Å²) in [6.07, 6.45) is -1.29. The largest absolute Gasteiger partial charge is 0.447 e. The molecule has 5 atom stereocenters. The van der Waals surface area contributed by atoms with Gasteiger partial charge >= 0.3 is 6.09 Å². The van der Waals surface area contributed by atoms with E-state index in [1.54, 1.807) is 0 Å². The molecule has 4 rings (SSSR count). The zero-order chi connectivity index (χ0) is 37.2. The first-order valence-electron chi connectivity index (χ1n) is 18.2. The average Bonchev–Trinajstić information content (AvgIpc) is 3.44. The third kappa shape index (κ3) is 14.7. The summed E-state index contributed by atoms with van der Waals surface area (Å²) in [5.74, 6) is -0.915. The Labute approximate surface area is 308 Å². The van der Waals surface area contributed by atoms with E-state index in [1.807, 2.05) is 106 Å². The summed E-state index contributed by atoms with van der Waals surface area (Å²) < 4.78 is 27.5. The molecule has 1 aliphatic carbocycles. The number of benzene rings is 3. The molecule has 11 nitrogen and oxygen atoms in total. The lowest BCUT2D eigenvalue weighted by Crippen LogP contribution is -2.47. The Hall–Kier alpha value is -3.84. The summed E-state index contributed by atoms with van der Waals surface area (Å²) in [5, 5.41) is 28.4. The first kappa shape index (κ1) is 40.9. The van der Waals surface area contributed by atoms with Crippen molar-refractivity contribution in [3.63, 3.8) is 0 Å². The van der Waals surface area contributed by atoms with E-state index in [4.69, 9.17) is 23.7 Å². The maximum absolute atomic E-state index is 13.9. The van der Waals surface area contributed by atoms with Gasteiger partial charge in [-0.05, 0) is 62.3 Å². The standard InChI is InChI=1S/C41H56N2O9/c1-41(2,3)52-25-23-50-21-19-48-18-20-49-22-24-51-40(47)42-35(27-31-14-8-5-9-15-31)36(44)29-33(26-30-12-6-4-7-13-30)39(46)43-38-34-17-11-10-16-32(34)28-37(38)45/h4-17,33,35-38,44-45H,18-29H2,1-3H3,(H,42,47)(H,43,46)/t33-,35+,36+,37-,38+/m1/s1. The molecule has 0 bridgehead atoms. The molecule has 3 aromatic carbocycles. The summed E-state index contributed by atoms with van der Waals surface area (Å²) in [7, 11) is 0. The van der Waals surface area contributed by atoms with Gasteiger partial charge < -0.3 is 44.5 Å². The molecular formula is C41H56N2O9.